The summed E-state index contributed by atoms with van der Waals surface area (Å²) in [4.78, 5) is 27.9. The molecule has 0 aliphatic rings. The highest BCUT2D eigenvalue weighted by atomic mass is 16.5. The Morgan fingerprint density at radius 2 is 1.79 bits per heavy atom. The molecule has 1 amide bonds. The van der Waals surface area contributed by atoms with E-state index in [2.05, 4.69) is 10.3 Å². The number of aryl methyl sites for hydroxylation is 1. The van der Waals surface area contributed by atoms with Gasteiger partial charge in [-0.05, 0) is 57.2 Å². The monoisotopic (exact) mass is 392 g/mol. The van der Waals surface area contributed by atoms with Crippen LogP contribution >= 0.6 is 0 Å². The lowest BCUT2D eigenvalue weighted by molar-refractivity contribution is -0.146. The third kappa shape index (κ3) is 4.90. The third-order valence-electron chi connectivity index (χ3n) is 4.71. The summed E-state index contributed by atoms with van der Waals surface area (Å²) in [5.74, 6) is -0.631. The fraction of sp³-hybridized carbons (Fsp3) is 0.261. The fourth-order valence-electron chi connectivity index (χ4n) is 2.86. The highest BCUT2D eigenvalue weighted by molar-refractivity contribution is 5.94. The van der Waals surface area contributed by atoms with Gasteiger partial charge >= 0.3 is 5.97 Å². The molecule has 0 unspecified atom stereocenters. The molecule has 6 heteroatoms. The molecule has 0 fully saturated rings. The molecule has 0 aliphatic heterocycles. The van der Waals surface area contributed by atoms with Crippen molar-refractivity contribution >= 4 is 22.8 Å². The van der Waals surface area contributed by atoms with Crippen molar-refractivity contribution in [2.45, 2.75) is 27.4 Å². The minimum atomic E-state index is -1.02. The number of hydrogen-bond donors (Lipinski definition) is 2. The maximum Gasteiger partial charge on any atom is 0.310 e. The number of carboxylic acids is 1. The Morgan fingerprint density at radius 1 is 1.10 bits per heavy atom. The molecule has 3 rings (SSSR count). The Bertz CT molecular complexity index is 1040. The zero-order chi connectivity index (χ0) is 21.0. The van der Waals surface area contributed by atoms with Crippen molar-refractivity contribution in [3.63, 3.8) is 0 Å². The molecule has 3 aromatic rings. The molecule has 0 saturated carbocycles. The highest BCUT2D eigenvalue weighted by Gasteiger charge is 2.27. The van der Waals surface area contributed by atoms with Gasteiger partial charge in [-0.15, -0.1) is 0 Å². The van der Waals surface area contributed by atoms with Crippen molar-refractivity contribution in [2.75, 3.05) is 6.54 Å². The van der Waals surface area contributed by atoms with E-state index in [0.29, 0.717) is 17.9 Å². The van der Waals surface area contributed by atoms with Crippen molar-refractivity contribution in [3.05, 3.63) is 71.4 Å². The maximum absolute atomic E-state index is 12.2. The van der Waals surface area contributed by atoms with Crippen LogP contribution in [-0.2, 0) is 11.4 Å². The molecule has 2 N–H and O–H groups in total. The predicted molar refractivity (Wildman–Crippen MR) is 111 cm³/mol. The molecule has 0 atom stereocenters. The molecule has 0 aliphatic carbocycles. The molecule has 0 saturated heterocycles. The molecule has 0 spiro atoms. The number of aromatic nitrogens is 1. The van der Waals surface area contributed by atoms with Gasteiger partial charge in [0.25, 0.3) is 5.91 Å². The fourth-order valence-corrected chi connectivity index (χ4v) is 2.86. The Balaban J connectivity index is 1.64. The number of nitrogens with one attached hydrogen (secondary N) is 1. The summed E-state index contributed by atoms with van der Waals surface area (Å²) < 4.78 is 5.90. The van der Waals surface area contributed by atoms with E-state index < -0.39 is 11.4 Å². The third-order valence-corrected chi connectivity index (χ3v) is 4.71. The number of carbonyl (C=O) groups excluding carboxylic acids is 1. The Labute approximate surface area is 169 Å². The lowest BCUT2D eigenvalue weighted by Gasteiger charge is -2.19. The second-order valence-electron chi connectivity index (χ2n) is 7.62. The lowest BCUT2D eigenvalue weighted by atomic mass is 9.94. The molecule has 1 aromatic heterocycles. The summed E-state index contributed by atoms with van der Waals surface area (Å²) in [7, 11) is 0. The molecule has 0 bridgehead atoms. The van der Waals surface area contributed by atoms with Gasteiger partial charge in [0.1, 0.15) is 12.4 Å². The number of hydrogen-bond acceptors (Lipinski definition) is 4. The molecular formula is C23H24N2O4. The first-order chi connectivity index (χ1) is 13.8. The first-order valence-corrected chi connectivity index (χ1v) is 9.36. The molecular weight excluding hydrogens is 368 g/mol. The number of amides is 1. The van der Waals surface area contributed by atoms with E-state index in [0.717, 1.165) is 22.2 Å². The van der Waals surface area contributed by atoms with Crippen LogP contribution in [0.2, 0.25) is 0 Å². The average molecular weight is 392 g/mol. The van der Waals surface area contributed by atoms with E-state index in [1.807, 2.05) is 37.3 Å². The number of aliphatic carboxylic acids is 1. The van der Waals surface area contributed by atoms with Gasteiger partial charge in [-0.3, -0.25) is 14.6 Å². The standard InChI is InChI=1S/C23H24N2O4/c1-15-12-17(19-6-4-5-7-20(19)25-15)13-29-18-10-8-16(9-11-18)21(26)24-14-23(2,3)22(27)28/h4-12H,13-14H2,1-3H3,(H,24,26)(H,27,28). The number of ether oxygens (including phenoxy) is 1. The van der Waals surface area contributed by atoms with Crippen LogP contribution in [0.5, 0.6) is 5.75 Å². The van der Waals surface area contributed by atoms with E-state index in [1.54, 1.807) is 38.1 Å². The van der Waals surface area contributed by atoms with Gasteiger partial charge in [0.2, 0.25) is 0 Å². The molecule has 0 radical (unpaired) electrons. The zero-order valence-corrected chi connectivity index (χ0v) is 16.7. The summed E-state index contributed by atoms with van der Waals surface area (Å²) in [6, 6.07) is 16.7. The van der Waals surface area contributed by atoms with Crippen LogP contribution in [0, 0.1) is 12.3 Å². The number of carboxylic acid groups (broad SMARTS) is 1. The molecule has 150 valence electrons. The van der Waals surface area contributed by atoms with Gasteiger partial charge in [0.05, 0.1) is 10.9 Å². The van der Waals surface area contributed by atoms with Crippen molar-refractivity contribution in [1.29, 1.82) is 0 Å². The van der Waals surface area contributed by atoms with E-state index in [1.165, 1.54) is 0 Å². The summed E-state index contributed by atoms with van der Waals surface area (Å²) in [6.45, 7) is 5.53. The van der Waals surface area contributed by atoms with Crippen molar-refractivity contribution in [2.24, 2.45) is 5.41 Å². The van der Waals surface area contributed by atoms with Gasteiger partial charge in [-0.1, -0.05) is 18.2 Å². The number of fused-ring (bicyclic) bond motifs is 1. The van der Waals surface area contributed by atoms with Gasteiger partial charge in [-0.2, -0.15) is 0 Å². The molecule has 1 heterocycles. The van der Waals surface area contributed by atoms with E-state index in [9.17, 15) is 9.59 Å². The van der Waals surface area contributed by atoms with Crippen LogP contribution in [-0.4, -0.2) is 28.5 Å². The first kappa shape index (κ1) is 20.3. The van der Waals surface area contributed by atoms with Gasteiger partial charge in [0.15, 0.2) is 0 Å². The van der Waals surface area contributed by atoms with Gasteiger partial charge in [0, 0.05) is 28.8 Å². The smallest absolute Gasteiger partial charge is 0.310 e. The number of carbonyl (C=O) groups is 2. The van der Waals surface area contributed by atoms with Crippen LogP contribution in [0.15, 0.2) is 54.6 Å². The summed E-state index contributed by atoms with van der Waals surface area (Å²) in [6.07, 6.45) is 0. The zero-order valence-electron chi connectivity index (χ0n) is 16.7. The van der Waals surface area contributed by atoms with Crippen molar-refractivity contribution < 1.29 is 19.4 Å². The molecule has 2 aromatic carbocycles. The second kappa shape index (κ2) is 8.31. The van der Waals surface area contributed by atoms with Crippen LogP contribution in [0.3, 0.4) is 0 Å². The lowest BCUT2D eigenvalue weighted by Crippen LogP contribution is -2.38. The minimum Gasteiger partial charge on any atom is -0.489 e. The number of nitrogens with zero attached hydrogens (tertiary/aromatic N) is 1. The van der Waals surface area contributed by atoms with Crippen molar-refractivity contribution in [1.82, 2.24) is 10.3 Å². The average Bonchev–Trinajstić information content (AvgIpc) is 2.70. The molecule has 29 heavy (non-hydrogen) atoms. The first-order valence-electron chi connectivity index (χ1n) is 9.36. The normalized spacial score (nSPS) is 11.3. The largest absolute Gasteiger partial charge is 0.489 e. The summed E-state index contributed by atoms with van der Waals surface area (Å²) >= 11 is 0. The molecule has 6 nitrogen and oxygen atoms in total. The van der Waals surface area contributed by atoms with E-state index in [-0.39, 0.29) is 12.5 Å². The Kier molecular flexibility index (Phi) is 5.82. The topological polar surface area (TPSA) is 88.5 Å². The second-order valence-corrected chi connectivity index (χ2v) is 7.62. The Hall–Kier alpha value is -3.41. The van der Waals surface area contributed by atoms with E-state index in [4.69, 9.17) is 9.84 Å². The Morgan fingerprint density at radius 3 is 2.48 bits per heavy atom. The van der Waals surface area contributed by atoms with Gasteiger partial charge < -0.3 is 15.2 Å². The maximum atomic E-state index is 12.2. The van der Waals surface area contributed by atoms with Crippen LogP contribution in [0.4, 0.5) is 0 Å². The van der Waals surface area contributed by atoms with Crippen molar-refractivity contribution in [3.8, 4) is 5.75 Å². The number of rotatable bonds is 7. The SMILES string of the molecule is Cc1cc(COc2ccc(C(=O)NCC(C)(C)C(=O)O)cc2)c2ccccc2n1. The van der Waals surface area contributed by atoms with Crippen LogP contribution in [0.25, 0.3) is 10.9 Å². The van der Waals surface area contributed by atoms with Crippen LogP contribution < -0.4 is 10.1 Å². The van der Waals surface area contributed by atoms with Crippen LogP contribution in [0.1, 0.15) is 35.5 Å². The summed E-state index contributed by atoms with van der Waals surface area (Å²) in [5.41, 5.74) is 2.33. The quantitative estimate of drug-likeness (QED) is 0.635. The van der Waals surface area contributed by atoms with Gasteiger partial charge in [-0.25, -0.2) is 0 Å². The van der Waals surface area contributed by atoms with E-state index >= 15 is 0 Å². The summed E-state index contributed by atoms with van der Waals surface area (Å²) in [5, 5.41) is 12.8. The number of benzene rings is 2. The minimum absolute atomic E-state index is 0.0495. The predicted octanol–water partition coefficient (Wildman–Crippen LogP) is 3.96. The number of pyridine rings is 1. The highest BCUT2D eigenvalue weighted by Crippen LogP contribution is 2.21. The number of para-hydroxylation sites is 1.